The predicted molar refractivity (Wildman–Crippen MR) is 92.2 cm³/mol. The van der Waals surface area contributed by atoms with Crippen LogP contribution in [0.5, 0.6) is 5.75 Å². The second-order valence-electron chi connectivity index (χ2n) is 5.07. The molecule has 0 bridgehead atoms. The van der Waals surface area contributed by atoms with Gasteiger partial charge < -0.3 is 10.1 Å². The van der Waals surface area contributed by atoms with E-state index >= 15 is 0 Å². The van der Waals surface area contributed by atoms with Crippen LogP contribution in [-0.4, -0.2) is 18.8 Å². The third-order valence-electron chi connectivity index (χ3n) is 3.29. The van der Waals surface area contributed by atoms with Gasteiger partial charge in [0.25, 0.3) is 0 Å². The Morgan fingerprint density at radius 2 is 1.86 bits per heavy atom. The molecule has 0 unspecified atom stereocenters. The molecule has 0 heterocycles. The Morgan fingerprint density at radius 3 is 2.59 bits per heavy atom. The molecule has 0 spiro atoms. The highest BCUT2D eigenvalue weighted by Gasteiger charge is 2.05. The first-order chi connectivity index (χ1) is 10.7. The summed E-state index contributed by atoms with van der Waals surface area (Å²) in [4.78, 5) is 11.9. The van der Waals surface area contributed by atoms with Crippen LogP contribution in [0.1, 0.15) is 16.7 Å². The average molecular weight is 315 g/mol. The molecule has 22 heavy (non-hydrogen) atoms. The smallest absolute Gasteiger partial charge is 0.230 e. The zero-order valence-corrected chi connectivity index (χ0v) is 13.8. The van der Waals surface area contributed by atoms with Crippen LogP contribution in [0.25, 0.3) is 0 Å². The Kier molecular flexibility index (Phi) is 6.34. The van der Waals surface area contributed by atoms with E-state index in [0.29, 0.717) is 12.3 Å². The van der Waals surface area contributed by atoms with E-state index in [4.69, 9.17) is 4.74 Å². The maximum absolute atomic E-state index is 11.9. The Bertz CT molecular complexity index is 611. The van der Waals surface area contributed by atoms with Crippen molar-refractivity contribution in [2.75, 3.05) is 12.9 Å². The van der Waals surface area contributed by atoms with E-state index in [1.165, 1.54) is 11.1 Å². The summed E-state index contributed by atoms with van der Waals surface area (Å²) in [6.07, 6.45) is 0. The molecule has 0 saturated carbocycles. The zero-order valence-electron chi connectivity index (χ0n) is 13.0. The number of methoxy groups -OCH3 is 1. The number of thioether (sulfide) groups is 1. The Morgan fingerprint density at radius 1 is 1.14 bits per heavy atom. The van der Waals surface area contributed by atoms with Crippen molar-refractivity contribution in [3.05, 3.63) is 65.2 Å². The summed E-state index contributed by atoms with van der Waals surface area (Å²) in [7, 11) is 1.64. The van der Waals surface area contributed by atoms with E-state index in [1.54, 1.807) is 18.9 Å². The van der Waals surface area contributed by atoms with Crippen LogP contribution < -0.4 is 10.1 Å². The van der Waals surface area contributed by atoms with E-state index in [1.807, 2.05) is 24.3 Å². The fourth-order valence-electron chi connectivity index (χ4n) is 2.04. The van der Waals surface area contributed by atoms with Gasteiger partial charge in [0.2, 0.25) is 5.91 Å². The van der Waals surface area contributed by atoms with Crippen LogP contribution in [0.3, 0.4) is 0 Å². The Hall–Kier alpha value is -1.94. The second-order valence-corrected chi connectivity index (χ2v) is 6.05. The van der Waals surface area contributed by atoms with Gasteiger partial charge in [-0.05, 0) is 18.6 Å². The molecule has 1 N–H and O–H groups in total. The predicted octanol–water partition coefficient (Wildman–Crippen LogP) is 3.55. The molecule has 0 aliphatic carbocycles. The Labute approximate surface area is 136 Å². The lowest BCUT2D eigenvalue weighted by Crippen LogP contribution is -2.24. The van der Waals surface area contributed by atoms with Crippen molar-refractivity contribution in [1.82, 2.24) is 5.32 Å². The summed E-state index contributed by atoms with van der Waals surface area (Å²) in [5.41, 5.74) is 3.48. The highest BCUT2D eigenvalue weighted by Crippen LogP contribution is 2.17. The monoisotopic (exact) mass is 315 g/mol. The third-order valence-corrected chi connectivity index (χ3v) is 4.29. The first kappa shape index (κ1) is 16.4. The zero-order chi connectivity index (χ0) is 15.8. The van der Waals surface area contributed by atoms with Gasteiger partial charge in [0.15, 0.2) is 0 Å². The molecule has 0 aliphatic heterocycles. The second kappa shape index (κ2) is 8.49. The molecule has 4 heteroatoms. The number of para-hydroxylation sites is 1. The van der Waals surface area contributed by atoms with Crippen molar-refractivity contribution in [3.8, 4) is 5.75 Å². The SMILES string of the molecule is COc1ccccc1CNC(=O)CSCc1ccc(C)cc1. The number of aryl methyl sites for hydroxylation is 1. The minimum absolute atomic E-state index is 0.0445. The van der Waals surface area contributed by atoms with Crippen LogP contribution in [-0.2, 0) is 17.1 Å². The highest BCUT2D eigenvalue weighted by atomic mass is 32.2. The number of nitrogens with one attached hydrogen (secondary N) is 1. The molecule has 2 aromatic rings. The maximum Gasteiger partial charge on any atom is 0.230 e. The maximum atomic E-state index is 11.9. The first-order valence-electron chi connectivity index (χ1n) is 7.21. The average Bonchev–Trinajstić information content (AvgIpc) is 2.55. The van der Waals surface area contributed by atoms with Crippen molar-refractivity contribution < 1.29 is 9.53 Å². The van der Waals surface area contributed by atoms with Crippen LogP contribution >= 0.6 is 11.8 Å². The van der Waals surface area contributed by atoms with Gasteiger partial charge in [0.1, 0.15) is 5.75 Å². The van der Waals surface area contributed by atoms with Crippen LogP contribution in [0.15, 0.2) is 48.5 Å². The van der Waals surface area contributed by atoms with Gasteiger partial charge >= 0.3 is 0 Å². The van der Waals surface area contributed by atoms with Crippen molar-refractivity contribution in [3.63, 3.8) is 0 Å². The molecule has 0 fully saturated rings. The van der Waals surface area contributed by atoms with Crippen molar-refractivity contribution >= 4 is 17.7 Å². The summed E-state index contributed by atoms with van der Waals surface area (Å²) in [5.74, 6) is 2.16. The molecule has 3 nitrogen and oxygen atoms in total. The van der Waals surface area contributed by atoms with E-state index in [0.717, 1.165) is 17.1 Å². The van der Waals surface area contributed by atoms with Crippen LogP contribution in [0, 0.1) is 6.92 Å². The number of carbonyl (C=O) groups excluding carboxylic acids is 1. The molecule has 2 aromatic carbocycles. The number of amides is 1. The molecule has 0 saturated heterocycles. The lowest BCUT2D eigenvalue weighted by molar-refractivity contribution is -0.118. The van der Waals surface area contributed by atoms with Gasteiger partial charge in [-0.1, -0.05) is 48.0 Å². The van der Waals surface area contributed by atoms with Crippen LogP contribution in [0.4, 0.5) is 0 Å². The fraction of sp³-hybridized carbons (Fsp3) is 0.278. The lowest BCUT2D eigenvalue weighted by Gasteiger charge is -2.09. The molecule has 1 amide bonds. The largest absolute Gasteiger partial charge is 0.496 e. The van der Waals surface area contributed by atoms with E-state index in [2.05, 4.69) is 36.5 Å². The summed E-state index contributed by atoms with van der Waals surface area (Å²) in [6, 6.07) is 16.1. The molecule has 0 aromatic heterocycles. The van der Waals surface area contributed by atoms with E-state index < -0.39 is 0 Å². The van der Waals surface area contributed by atoms with Gasteiger partial charge in [-0.2, -0.15) is 0 Å². The lowest BCUT2D eigenvalue weighted by atomic mass is 10.2. The molecule has 0 atom stereocenters. The number of rotatable bonds is 7. The summed E-state index contributed by atoms with van der Waals surface area (Å²) in [5, 5.41) is 2.93. The normalized spacial score (nSPS) is 10.3. The number of carbonyl (C=O) groups is 1. The molecule has 116 valence electrons. The van der Waals surface area contributed by atoms with Crippen molar-refractivity contribution in [1.29, 1.82) is 0 Å². The van der Waals surface area contributed by atoms with Gasteiger partial charge in [-0.25, -0.2) is 0 Å². The van der Waals surface area contributed by atoms with Crippen molar-refractivity contribution in [2.45, 2.75) is 19.2 Å². The number of hydrogen-bond acceptors (Lipinski definition) is 3. The van der Waals surface area contributed by atoms with Gasteiger partial charge in [0, 0.05) is 17.9 Å². The number of ether oxygens (including phenoxy) is 1. The molecule has 0 aliphatic rings. The molecule has 0 radical (unpaired) electrons. The topological polar surface area (TPSA) is 38.3 Å². The van der Waals surface area contributed by atoms with Crippen LogP contribution in [0.2, 0.25) is 0 Å². The summed E-state index contributed by atoms with van der Waals surface area (Å²) >= 11 is 1.62. The van der Waals surface area contributed by atoms with E-state index in [-0.39, 0.29) is 5.91 Å². The third kappa shape index (κ3) is 5.11. The standard InChI is InChI=1S/C18H21NO2S/c1-14-7-9-15(10-8-14)12-22-13-18(20)19-11-16-5-3-4-6-17(16)21-2/h3-10H,11-13H2,1-2H3,(H,19,20). The molecule has 2 rings (SSSR count). The minimum Gasteiger partial charge on any atom is -0.496 e. The number of benzene rings is 2. The first-order valence-corrected chi connectivity index (χ1v) is 8.36. The quantitative estimate of drug-likeness (QED) is 0.849. The fourth-order valence-corrected chi connectivity index (χ4v) is 2.86. The van der Waals surface area contributed by atoms with E-state index in [9.17, 15) is 4.79 Å². The molecular weight excluding hydrogens is 294 g/mol. The van der Waals surface area contributed by atoms with Gasteiger partial charge in [-0.3, -0.25) is 4.79 Å². The number of hydrogen-bond donors (Lipinski definition) is 1. The van der Waals surface area contributed by atoms with Crippen molar-refractivity contribution in [2.24, 2.45) is 0 Å². The summed E-state index contributed by atoms with van der Waals surface area (Å²) < 4.78 is 5.27. The minimum atomic E-state index is 0.0445. The summed E-state index contributed by atoms with van der Waals surface area (Å²) in [6.45, 7) is 2.57. The van der Waals surface area contributed by atoms with Gasteiger partial charge in [-0.15, -0.1) is 11.8 Å². The molecular formula is C18H21NO2S. The highest BCUT2D eigenvalue weighted by molar-refractivity contribution is 7.99. The Balaban J connectivity index is 1.73. The van der Waals surface area contributed by atoms with Gasteiger partial charge in [0.05, 0.1) is 12.9 Å².